The van der Waals surface area contributed by atoms with Gasteiger partial charge in [0.1, 0.15) is 0 Å². The summed E-state index contributed by atoms with van der Waals surface area (Å²) in [5.74, 6) is 0.590. The molecule has 0 spiro atoms. The van der Waals surface area contributed by atoms with E-state index in [0.29, 0.717) is 5.88 Å². The Morgan fingerprint density at radius 2 is 1.86 bits per heavy atom. The summed E-state index contributed by atoms with van der Waals surface area (Å²) in [6.07, 6.45) is 4.15. The van der Waals surface area contributed by atoms with Crippen LogP contribution in [-0.4, -0.2) is 6.54 Å². The first-order chi connectivity index (χ1) is 6.86. The zero-order valence-corrected chi connectivity index (χ0v) is 9.22. The Morgan fingerprint density at radius 3 is 2.43 bits per heavy atom. The molecule has 1 aromatic carbocycles. The Labute approximate surface area is 90.8 Å². The highest BCUT2D eigenvalue weighted by Gasteiger charge is 1.92. The third kappa shape index (κ3) is 3.95. The van der Waals surface area contributed by atoms with Crippen molar-refractivity contribution in [3.8, 4) is 0 Å². The van der Waals surface area contributed by atoms with Gasteiger partial charge in [0.25, 0.3) is 0 Å². The molecule has 0 bridgehead atoms. The minimum atomic E-state index is 0.590. The van der Waals surface area contributed by atoms with Crippen LogP contribution in [0.1, 0.15) is 18.1 Å². The molecule has 0 aliphatic carbocycles. The van der Waals surface area contributed by atoms with E-state index in [0.717, 1.165) is 13.1 Å². The lowest BCUT2D eigenvalue weighted by Gasteiger charge is -2.02. The van der Waals surface area contributed by atoms with Crippen LogP contribution >= 0.6 is 11.6 Å². The van der Waals surface area contributed by atoms with Gasteiger partial charge in [-0.05, 0) is 18.1 Å². The van der Waals surface area contributed by atoms with Crippen LogP contribution in [0.3, 0.4) is 0 Å². The maximum atomic E-state index is 5.70. The summed E-state index contributed by atoms with van der Waals surface area (Å²) in [4.78, 5) is 0. The van der Waals surface area contributed by atoms with E-state index >= 15 is 0 Å². The predicted octanol–water partition coefficient (Wildman–Crippen LogP) is 3.09. The Hall–Kier alpha value is -0.790. The van der Waals surface area contributed by atoms with Crippen molar-refractivity contribution in [3.05, 3.63) is 47.5 Å². The van der Waals surface area contributed by atoms with Gasteiger partial charge in [0.05, 0.1) is 0 Å². The molecule has 0 saturated heterocycles. The van der Waals surface area contributed by atoms with Gasteiger partial charge in [-0.1, -0.05) is 36.4 Å². The van der Waals surface area contributed by atoms with Crippen molar-refractivity contribution < 1.29 is 0 Å². The number of benzene rings is 1. The van der Waals surface area contributed by atoms with Crippen molar-refractivity contribution in [2.24, 2.45) is 0 Å². The molecule has 0 aliphatic rings. The molecule has 0 heterocycles. The fourth-order valence-electron chi connectivity index (χ4n) is 1.16. The average Bonchev–Trinajstić information content (AvgIpc) is 2.25. The Balaban J connectivity index is 2.36. The van der Waals surface area contributed by atoms with Crippen molar-refractivity contribution >= 4 is 11.6 Å². The fraction of sp³-hybridized carbons (Fsp3) is 0.333. The Kier molecular flexibility index (Phi) is 5.35. The molecule has 2 heteroatoms. The van der Waals surface area contributed by atoms with Gasteiger partial charge in [-0.25, -0.2) is 0 Å². The standard InChI is InChI=1S/C12H16ClN/c1-2-3-8-14-10-12-6-4-11(9-13)5-7-12/h2-7,14H,8-10H2,1H3/b3-2+. The van der Waals surface area contributed by atoms with Crippen molar-refractivity contribution in [2.75, 3.05) is 6.54 Å². The van der Waals surface area contributed by atoms with Crippen LogP contribution in [0.15, 0.2) is 36.4 Å². The van der Waals surface area contributed by atoms with E-state index in [2.05, 4.69) is 35.7 Å². The summed E-state index contributed by atoms with van der Waals surface area (Å²) in [7, 11) is 0. The van der Waals surface area contributed by atoms with E-state index in [9.17, 15) is 0 Å². The molecule has 76 valence electrons. The summed E-state index contributed by atoms with van der Waals surface area (Å²) < 4.78 is 0. The number of rotatable bonds is 5. The molecule has 14 heavy (non-hydrogen) atoms. The number of alkyl halides is 1. The summed E-state index contributed by atoms with van der Waals surface area (Å²) in [6, 6.07) is 8.36. The van der Waals surface area contributed by atoms with Crippen LogP contribution < -0.4 is 5.32 Å². The van der Waals surface area contributed by atoms with Crippen LogP contribution in [0, 0.1) is 0 Å². The van der Waals surface area contributed by atoms with Gasteiger partial charge >= 0.3 is 0 Å². The van der Waals surface area contributed by atoms with E-state index < -0.39 is 0 Å². The van der Waals surface area contributed by atoms with E-state index in [1.54, 1.807) is 0 Å². The Bertz CT molecular complexity index is 277. The van der Waals surface area contributed by atoms with Crippen molar-refractivity contribution in [1.29, 1.82) is 0 Å². The van der Waals surface area contributed by atoms with Crippen molar-refractivity contribution in [3.63, 3.8) is 0 Å². The predicted molar refractivity (Wildman–Crippen MR) is 62.5 cm³/mol. The molecule has 0 radical (unpaired) electrons. The minimum Gasteiger partial charge on any atom is -0.309 e. The van der Waals surface area contributed by atoms with Gasteiger partial charge in [0.15, 0.2) is 0 Å². The van der Waals surface area contributed by atoms with E-state index in [-0.39, 0.29) is 0 Å². The normalized spacial score (nSPS) is 11.0. The summed E-state index contributed by atoms with van der Waals surface area (Å²) in [5, 5.41) is 3.32. The first-order valence-electron chi connectivity index (χ1n) is 4.82. The number of hydrogen-bond donors (Lipinski definition) is 1. The number of nitrogens with one attached hydrogen (secondary N) is 1. The maximum Gasteiger partial charge on any atom is 0.0474 e. The highest BCUT2D eigenvalue weighted by atomic mass is 35.5. The summed E-state index contributed by atoms with van der Waals surface area (Å²) >= 11 is 5.70. The number of hydrogen-bond acceptors (Lipinski definition) is 1. The number of halogens is 1. The molecule has 1 nitrogen and oxygen atoms in total. The molecule has 0 fully saturated rings. The highest BCUT2D eigenvalue weighted by Crippen LogP contribution is 2.06. The van der Waals surface area contributed by atoms with Crippen LogP contribution in [0.25, 0.3) is 0 Å². The summed E-state index contributed by atoms with van der Waals surface area (Å²) in [6.45, 7) is 3.86. The molecule has 0 aliphatic heterocycles. The molecule has 0 unspecified atom stereocenters. The molecule has 0 atom stereocenters. The first kappa shape index (κ1) is 11.3. The molecule has 0 amide bonds. The third-order valence-electron chi connectivity index (χ3n) is 2.00. The van der Waals surface area contributed by atoms with E-state index in [1.165, 1.54) is 11.1 Å². The lowest BCUT2D eigenvalue weighted by atomic mass is 10.1. The van der Waals surface area contributed by atoms with Gasteiger partial charge in [0.2, 0.25) is 0 Å². The molecule has 0 aromatic heterocycles. The van der Waals surface area contributed by atoms with Gasteiger partial charge in [-0.15, -0.1) is 11.6 Å². The van der Waals surface area contributed by atoms with Gasteiger partial charge in [-0.3, -0.25) is 0 Å². The second-order valence-electron chi connectivity index (χ2n) is 3.15. The van der Waals surface area contributed by atoms with Gasteiger partial charge in [-0.2, -0.15) is 0 Å². The maximum absolute atomic E-state index is 5.70. The zero-order valence-electron chi connectivity index (χ0n) is 8.46. The largest absolute Gasteiger partial charge is 0.309 e. The minimum absolute atomic E-state index is 0.590. The molecule has 1 rings (SSSR count). The lowest BCUT2D eigenvalue weighted by molar-refractivity contribution is 0.759. The molecule has 1 N–H and O–H groups in total. The van der Waals surface area contributed by atoms with Gasteiger partial charge in [0, 0.05) is 19.0 Å². The van der Waals surface area contributed by atoms with Crippen molar-refractivity contribution in [1.82, 2.24) is 5.32 Å². The second kappa shape index (κ2) is 6.63. The van der Waals surface area contributed by atoms with Crippen molar-refractivity contribution in [2.45, 2.75) is 19.3 Å². The monoisotopic (exact) mass is 209 g/mol. The summed E-state index contributed by atoms with van der Waals surface area (Å²) in [5.41, 5.74) is 2.47. The smallest absolute Gasteiger partial charge is 0.0474 e. The van der Waals surface area contributed by atoms with E-state index in [4.69, 9.17) is 11.6 Å². The molecule has 0 saturated carbocycles. The number of allylic oxidation sites excluding steroid dienone is 1. The fourth-order valence-corrected chi connectivity index (χ4v) is 1.34. The van der Waals surface area contributed by atoms with Crippen LogP contribution in [0.2, 0.25) is 0 Å². The molecular formula is C12H16ClN. The quantitative estimate of drug-likeness (QED) is 0.447. The Morgan fingerprint density at radius 1 is 1.21 bits per heavy atom. The first-order valence-corrected chi connectivity index (χ1v) is 5.36. The van der Waals surface area contributed by atoms with Crippen LogP contribution in [0.4, 0.5) is 0 Å². The topological polar surface area (TPSA) is 12.0 Å². The van der Waals surface area contributed by atoms with E-state index in [1.807, 2.05) is 13.0 Å². The van der Waals surface area contributed by atoms with Crippen LogP contribution in [0.5, 0.6) is 0 Å². The second-order valence-corrected chi connectivity index (χ2v) is 3.42. The highest BCUT2D eigenvalue weighted by molar-refractivity contribution is 6.17. The molecule has 1 aromatic rings. The lowest BCUT2D eigenvalue weighted by Crippen LogP contribution is -2.12. The molecular weight excluding hydrogens is 194 g/mol. The zero-order chi connectivity index (χ0) is 10.2. The van der Waals surface area contributed by atoms with Gasteiger partial charge < -0.3 is 5.32 Å². The van der Waals surface area contributed by atoms with Crippen LogP contribution in [-0.2, 0) is 12.4 Å². The SMILES string of the molecule is C/C=C/CNCc1ccc(CCl)cc1. The third-order valence-corrected chi connectivity index (χ3v) is 2.31. The average molecular weight is 210 g/mol.